The molecule has 34 heavy (non-hydrogen) atoms. The maximum Gasteiger partial charge on any atom is 0.264 e. The number of hydrogen-bond acceptors (Lipinski definition) is 6. The monoisotopic (exact) mass is 470 g/mol. The maximum atomic E-state index is 13.2. The molecule has 2 unspecified atom stereocenters. The summed E-state index contributed by atoms with van der Waals surface area (Å²) in [6, 6.07) is 3.04. The second-order valence-corrected chi connectivity index (χ2v) is 9.04. The summed E-state index contributed by atoms with van der Waals surface area (Å²) < 4.78 is 0. The lowest BCUT2D eigenvalue weighted by molar-refractivity contribution is -0.136. The van der Waals surface area contributed by atoms with E-state index in [1.807, 2.05) is 0 Å². The van der Waals surface area contributed by atoms with Gasteiger partial charge in [-0.15, -0.1) is 0 Å². The molecule has 9 heteroatoms. The number of rotatable bonds is 13. The van der Waals surface area contributed by atoms with Crippen molar-refractivity contribution in [2.24, 2.45) is 5.73 Å². The first-order valence-electron chi connectivity index (χ1n) is 12.3. The molecule has 0 bridgehead atoms. The zero-order valence-electron chi connectivity index (χ0n) is 19.7. The van der Waals surface area contributed by atoms with Gasteiger partial charge in [-0.3, -0.25) is 34.2 Å². The first-order valence-corrected chi connectivity index (χ1v) is 12.3. The van der Waals surface area contributed by atoms with Crippen LogP contribution in [0.25, 0.3) is 0 Å². The van der Waals surface area contributed by atoms with E-state index in [-0.39, 0.29) is 24.0 Å². The van der Waals surface area contributed by atoms with Crippen LogP contribution in [0.4, 0.5) is 5.69 Å². The van der Waals surface area contributed by atoms with Gasteiger partial charge in [-0.1, -0.05) is 64.4 Å². The molecule has 2 aliphatic heterocycles. The summed E-state index contributed by atoms with van der Waals surface area (Å²) in [6.07, 6.45) is 9.70. The molecule has 2 atom stereocenters. The van der Waals surface area contributed by atoms with Gasteiger partial charge >= 0.3 is 0 Å². The van der Waals surface area contributed by atoms with Crippen LogP contribution in [-0.4, -0.2) is 46.5 Å². The van der Waals surface area contributed by atoms with Gasteiger partial charge in [-0.25, -0.2) is 0 Å². The number of imide groups is 2. The van der Waals surface area contributed by atoms with Gasteiger partial charge in [-0.2, -0.15) is 0 Å². The number of primary amides is 1. The number of amides is 5. The number of carbonyl (C=O) groups is 5. The van der Waals surface area contributed by atoms with Gasteiger partial charge in [0.05, 0.1) is 11.1 Å². The molecular weight excluding hydrogens is 436 g/mol. The van der Waals surface area contributed by atoms with Crippen molar-refractivity contribution >= 4 is 35.2 Å². The summed E-state index contributed by atoms with van der Waals surface area (Å²) in [7, 11) is 0. The standard InChI is InChI=1S/C25H34N4O5/c1-2-3-4-5-6-7-8-9-12-18(22(26)31)27-17-13-10-11-16-21(17)25(34)29(24(16)33)19-14-15-20(30)28-23(19)32/h10-11,13,18-19,27H,2-9,12,14-15H2,1H3,(H2,26,31)(H,28,30,32). The van der Waals surface area contributed by atoms with E-state index >= 15 is 0 Å². The van der Waals surface area contributed by atoms with E-state index in [1.165, 1.54) is 38.2 Å². The van der Waals surface area contributed by atoms with Crippen LogP contribution in [0.1, 0.15) is 98.3 Å². The molecule has 2 heterocycles. The lowest BCUT2D eigenvalue weighted by atomic mass is 10.0. The molecule has 1 aromatic rings. The SMILES string of the molecule is CCCCCCCCCCC(Nc1cccc2c1C(=O)N(C1CCC(=O)NC1=O)C2=O)C(N)=O. The predicted molar refractivity (Wildman–Crippen MR) is 127 cm³/mol. The average molecular weight is 471 g/mol. The molecule has 9 nitrogen and oxygen atoms in total. The maximum absolute atomic E-state index is 13.2. The molecule has 1 aromatic carbocycles. The first-order chi connectivity index (χ1) is 16.3. The molecular formula is C25H34N4O5. The number of fused-ring (bicyclic) bond motifs is 1. The van der Waals surface area contributed by atoms with Crippen LogP contribution < -0.4 is 16.4 Å². The zero-order chi connectivity index (χ0) is 24.7. The van der Waals surface area contributed by atoms with Crippen LogP contribution in [0, 0.1) is 0 Å². The highest BCUT2D eigenvalue weighted by atomic mass is 16.2. The summed E-state index contributed by atoms with van der Waals surface area (Å²) in [5.41, 5.74) is 6.24. The van der Waals surface area contributed by atoms with Crippen molar-refractivity contribution in [1.29, 1.82) is 0 Å². The third-order valence-corrected chi connectivity index (χ3v) is 6.49. The molecule has 1 saturated heterocycles. The van der Waals surface area contributed by atoms with Crippen LogP contribution in [-0.2, 0) is 14.4 Å². The third-order valence-electron chi connectivity index (χ3n) is 6.49. The highest BCUT2D eigenvalue weighted by Crippen LogP contribution is 2.33. The molecule has 0 spiro atoms. The molecule has 3 rings (SSSR count). The fourth-order valence-corrected chi connectivity index (χ4v) is 4.59. The summed E-state index contributed by atoms with van der Waals surface area (Å²) in [5, 5.41) is 5.24. The van der Waals surface area contributed by atoms with Crippen molar-refractivity contribution in [3.63, 3.8) is 0 Å². The van der Waals surface area contributed by atoms with Gasteiger partial charge in [0.1, 0.15) is 12.1 Å². The van der Waals surface area contributed by atoms with Crippen LogP contribution in [0.15, 0.2) is 18.2 Å². The van der Waals surface area contributed by atoms with E-state index in [2.05, 4.69) is 17.6 Å². The van der Waals surface area contributed by atoms with E-state index in [4.69, 9.17) is 5.73 Å². The van der Waals surface area contributed by atoms with Crippen molar-refractivity contribution in [2.75, 3.05) is 5.32 Å². The summed E-state index contributed by atoms with van der Waals surface area (Å²) in [5.74, 6) is -2.82. The highest BCUT2D eigenvalue weighted by molar-refractivity contribution is 6.25. The highest BCUT2D eigenvalue weighted by Gasteiger charge is 2.45. The second-order valence-electron chi connectivity index (χ2n) is 9.04. The molecule has 0 radical (unpaired) electrons. The smallest absolute Gasteiger partial charge is 0.264 e. The first kappa shape index (κ1) is 25.4. The Morgan fingerprint density at radius 2 is 1.74 bits per heavy atom. The van der Waals surface area contributed by atoms with Gasteiger partial charge in [0.25, 0.3) is 11.8 Å². The van der Waals surface area contributed by atoms with Crippen LogP contribution in [0.2, 0.25) is 0 Å². The van der Waals surface area contributed by atoms with E-state index in [0.29, 0.717) is 12.1 Å². The number of carbonyl (C=O) groups excluding carboxylic acids is 5. The molecule has 0 aromatic heterocycles. The topological polar surface area (TPSA) is 139 Å². The van der Waals surface area contributed by atoms with Gasteiger partial charge in [0, 0.05) is 12.1 Å². The number of nitrogens with one attached hydrogen (secondary N) is 2. The Morgan fingerprint density at radius 3 is 2.38 bits per heavy atom. The largest absolute Gasteiger partial charge is 0.373 e. The number of nitrogens with zero attached hydrogens (tertiary/aromatic N) is 1. The Balaban J connectivity index is 1.65. The van der Waals surface area contributed by atoms with Gasteiger partial charge < -0.3 is 11.1 Å². The minimum absolute atomic E-state index is 0.0528. The fraction of sp³-hybridized carbons (Fsp3) is 0.560. The van der Waals surface area contributed by atoms with Crippen LogP contribution in [0.5, 0.6) is 0 Å². The predicted octanol–water partition coefficient (Wildman–Crippen LogP) is 2.88. The Morgan fingerprint density at radius 1 is 1.06 bits per heavy atom. The molecule has 5 amide bonds. The number of hydrogen-bond donors (Lipinski definition) is 3. The Bertz CT molecular complexity index is 961. The number of nitrogens with two attached hydrogens (primary N) is 1. The summed E-state index contributed by atoms with van der Waals surface area (Å²) in [4.78, 5) is 62.9. The molecule has 4 N–H and O–H groups in total. The molecule has 2 aliphatic rings. The van der Waals surface area contributed by atoms with Crippen molar-refractivity contribution in [1.82, 2.24) is 10.2 Å². The molecule has 1 fully saturated rings. The van der Waals surface area contributed by atoms with E-state index < -0.39 is 41.6 Å². The Kier molecular flexibility index (Phi) is 8.79. The molecule has 0 saturated carbocycles. The van der Waals surface area contributed by atoms with Crippen molar-refractivity contribution in [3.8, 4) is 0 Å². The van der Waals surface area contributed by atoms with Crippen LogP contribution >= 0.6 is 0 Å². The number of unbranched alkanes of at least 4 members (excludes halogenated alkanes) is 7. The zero-order valence-corrected chi connectivity index (χ0v) is 19.7. The average Bonchev–Trinajstić information content (AvgIpc) is 3.05. The lowest BCUT2D eigenvalue weighted by Crippen LogP contribution is -2.54. The van der Waals surface area contributed by atoms with Crippen molar-refractivity contribution in [2.45, 2.75) is 89.6 Å². The third kappa shape index (κ3) is 5.81. The summed E-state index contributed by atoms with van der Waals surface area (Å²) >= 11 is 0. The second kappa shape index (κ2) is 11.8. The number of anilines is 1. The van der Waals surface area contributed by atoms with Crippen molar-refractivity contribution in [3.05, 3.63) is 29.3 Å². The molecule has 184 valence electrons. The Hall–Kier alpha value is -3.23. The lowest BCUT2D eigenvalue weighted by Gasteiger charge is -2.28. The Labute approximate surface area is 199 Å². The van der Waals surface area contributed by atoms with Crippen molar-refractivity contribution < 1.29 is 24.0 Å². The van der Waals surface area contributed by atoms with Gasteiger partial charge in [-0.05, 0) is 25.0 Å². The minimum atomic E-state index is -1.04. The van der Waals surface area contributed by atoms with E-state index in [9.17, 15) is 24.0 Å². The van der Waals surface area contributed by atoms with Gasteiger partial charge in [0.2, 0.25) is 17.7 Å². The van der Waals surface area contributed by atoms with Crippen LogP contribution in [0.3, 0.4) is 0 Å². The fourth-order valence-electron chi connectivity index (χ4n) is 4.59. The quantitative estimate of drug-likeness (QED) is 0.299. The van der Waals surface area contributed by atoms with E-state index in [1.54, 1.807) is 12.1 Å². The molecule has 0 aliphatic carbocycles. The van der Waals surface area contributed by atoms with E-state index in [0.717, 1.165) is 24.2 Å². The number of piperidine rings is 1. The van der Waals surface area contributed by atoms with Gasteiger partial charge in [0.15, 0.2) is 0 Å². The normalized spacial score (nSPS) is 18.6. The number of benzene rings is 1. The minimum Gasteiger partial charge on any atom is -0.373 e. The summed E-state index contributed by atoms with van der Waals surface area (Å²) in [6.45, 7) is 2.19.